The minimum atomic E-state index is -0.362. The molecular weight excluding hydrogens is 307 g/mol. The van der Waals surface area contributed by atoms with E-state index in [-0.39, 0.29) is 17.8 Å². The van der Waals surface area contributed by atoms with E-state index >= 15 is 0 Å². The van der Waals surface area contributed by atoms with E-state index in [1.165, 1.54) is 24.3 Å². The molecule has 1 aliphatic heterocycles. The standard InChI is InChI=1S/C19H21FN2O2/c20-16-7-5-14(6-8-16)19(24)21-18-4-2-1-3-15(18)13-22-11-9-17(23)10-12-22/h1-8,17,23H,9-13H2,(H,21,24). The number of halogens is 1. The molecular formula is C19H21FN2O2. The highest BCUT2D eigenvalue weighted by Gasteiger charge is 2.18. The molecule has 0 radical (unpaired) electrons. The molecule has 2 N–H and O–H groups in total. The number of amides is 1. The first-order chi connectivity index (χ1) is 11.6. The summed E-state index contributed by atoms with van der Waals surface area (Å²) in [5.41, 5.74) is 2.22. The van der Waals surface area contributed by atoms with E-state index in [2.05, 4.69) is 10.2 Å². The Morgan fingerprint density at radius 3 is 2.50 bits per heavy atom. The molecule has 0 unspecified atom stereocenters. The number of carbonyl (C=O) groups excluding carboxylic acids is 1. The molecule has 1 fully saturated rings. The fourth-order valence-electron chi connectivity index (χ4n) is 2.89. The topological polar surface area (TPSA) is 52.6 Å². The summed E-state index contributed by atoms with van der Waals surface area (Å²) < 4.78 is 13.0. The zero-order valence-corrected chi connectivity index (χ0v) is 13.4. The summed E-state index contributed by atoms with van der Waals surface area (Å²) in [6.45, 7) is 2.43. The molecule has 126 valence electrons. The Balaban J connectivity index is 1.69. The van der Waals surface area contributed by atoms with Crippen LogP contribution in [0.4, 0.5) is 10.1 Å². The second kappa shape index (κ2) is 7.55. The molecule has 0 atom stereocenters. The summed E-state index contributed by atoms with van der Waals surface area (Å²) in [5, 5.41) is 12.5. The van der Waals surface area contributed by atoms with E-state index in [9.17, 15) is 14.3 Å². The number of aliphatic hydroxyl groups is 1. The van der Waals surface area contributed by atoms with E-state index in [1.54, 1.807) is 0 Å². The minimum Gasteiger partial charge on any atom is -0.393 e. The van der Waals surface area contributed by atoms with Gasteiger partial charge in [-0.15, -0.1) is 0 Å². The first-order valence-corrected chi connectivity index (χ1v) is 8.17. The average Bonchev–Trinajstić information content (AvgIpc) is 2.59. The van der Waals surface area contributed by atoms with Crippen molar-refractivity contribution in [1.82, 2.24) is 4.90 Å². The van der Waals surface area contributed by atoms with E-state index in [4.69, 9.17) is 0 Å². The van der Waals surface area contributed by atoms with E-state index in [0.717, 1.165) is 43.7 Å². The molecule has 3 rings (SSSR count). The SMILES string of the molecule is O=C(Nc1ccccc1CN1CCC(O)CC1)c1ccc(F)cc1. The molecule has 1 saturated heterocycles. The summed E-state index contributed by atoms with van der Waals surface area (Å²) >= 11 is 0. The van der Waals surface area contributed by atoms with Crippen LogP contribution in [-0.4, -0.2) is 35.1 Å². The highest BCUT2D eigenvalue weighted by atomic mass is 19.1. The van der Waals surface area contributed by atoms with Gasteiger partial charge in [-0.2, -0.15) is 0 Å². The van der Waals surface area contributed by atoms with Crippen molar-refractivity contribution in [2.45, 2.75) is 25.5 Å². The van der Waals surface area contributed by atoms with Gasteiger partial charge in [-0.1, -0.05) is 18.2 Å². The minimum absolute atomic E-state index is 0.199. The fraction of sp³-hybridized carbons (Fsp3) is 0.316. The van der Waals surface area contributed by atoms with Gasteiger partial charge >= 0.3 is 0 Å². The van der Waals surface area contributed by atoms with Gasteiger partial charge in [0.25, 0.3) is 5.91 Å². The Labute approximate surface area is 140 Å². The maximum Gasteiger partial charge on any atom is 0.255 e. The third-order valence-corrected chi connectivity index (χ3v) is 4.32. The molecule has 5 heteroatoms. The van der Waals surface area contributed by atoms with Gasteiger partial charge in [0.2, 0.25) is 0 Å². The smallest absolute Gasteiger partial charge is 0.255 e. The van der Waals surface area contributed by atoms with E-state index in [0.29, 0.717) is 5.56 Å². The van der Waals surface area contributed by atoms with Crippen molar-refractivity contribution >= 4 is 11.6 Å². The molecule has 1 heterocycles. The lowest BCUT2D eigenvalue weighted by Crippen LogP contribution is -2.35. The van der Waals surface area contributed by atoms with Crippen LogP contribution in [0.2, 0.25) is 0 Å². The summed E-state index contributed by atoms with van der Waals surface area (Å²) in [7, 11) is 0. The molecule has 0 aliphatic carbocycles. The molecule has 1 amide bonds. The number of carbonyl (C=O) groups is 1. The largest absolute Gasteiger partial charge is 0.393 e. The van der Waals surface area contributed by atoms with Crippen LogP contribution in [-0.2, 0) is 6.54 Å². The second-order valence-electron chi connectivity index (χ2n) is 6.13. The summed E-state index contributed by atoms with van der Waals surface area (Å²) in [6, 6.07) is 13.2. The van der Waals surface area contributed by atoms with Crippen LogP contribution in [0.1, 0.15) is 28.8 Å². The molecule has 0 saturated carbocycles. The highest BCUT2D eigenvalue weighted by Crippen LogP contribution is 2.20. The number of nitrogens with zero attached hydrogens (tertiary/aromatic N) is 1. The number of rotatable bonds is 4. The maximum atomic E-state index is 13.0. The van der Waals surface area contributed by atoms with Crippen molar-refractivity contribution < 1.29 is 14.3 Å². The number of benzene rings is 2. The monoisotopic (exact) mass is 328 g/mol. The van der Waals surface area contributed by atoms with Gasteiger partial charge in [-0.25, -0.2) is 4.39 Å². The van der Waals surface area contributed by atoms with Crippen LogP contribution >= 0.6 is 0 Å². The van der Waals surface area contributed by atoms with Crippen molar-refractivity contribution in [2.75, 3.05) is 18.4 Å². The van der Waals surface area contributed by atoms with Crippen molar-refractivity contribution in [3.63, 3.8) is 0 Å². The molecule has 0 aromatic heterocycles. The third-order valence-electron chi connectivity index (χ3n) is 4.32. The van der Waals surface area contributed by atoms with Crippen LogP contribution in [0.15, 0.2) is 48.5 Å². The number of hydrogen-bond donors (Lipinski definition) is 2. The molecule has 2 aromatic carbocycles. The first kappa shape index (κ1) is 16.6. The molecule has 0 spiro atoms. The maximum absolute atomic E-state index is 13.0. The van der Waals surface area contributed by atoms with Gasteiger partial charge in [0.15, 0.2) is 0 Å². The molecule has 2 aromatic rings. The normalized spacial score (nSPS) is 16.1. The zero-order valence-electron chi connectivity index (χ0n) is 13.4. The van der Waals surface area contributed by atoms with Crippen molar-refractivity contribution in [3.05, 3.63) is 65.5 Å². The van der Waals surface area contributed by atoms with Crippen LogP contribution in [0, 0.1) is 5.82 Å². The number of likely N-dealkylation sites (tertiary alicyclic amines) is 1. The van der Waals surface area contributed by atoms with Gasteiger partial charge in [-0.3, -0.25) is 9.69 Å². The predicted molar refractivity (Wildman–Crippen MR) is 91.3 cm³/mol. The lowest BCUT2D eigenvalue weighted by molar-refractivity contribution is 0.0793. The summed E-state index contributed by atoms with van der Waals surface area (Å²) in [6.07, 6.45) is 1.36. The van der Waals surface area contributed by atoms with Gasteiger partial charge in [-0.05, 0) is 48.7 Å². The Morgan fingerprint density at radius 2 is 1.79 bits per heavy atom. The number of nitrogens with one attached hydrogen (secondary N) is 1. The number of para-hydroxylation sites is 1. The Bertz CT molecular complexity index is 695. The average molecular weight is 328 g/mol. The summed E-state index contributed by atoms with van der Waals surface area (Å²) in [5.74, 6) is -0.615. The van der Waals surface area contributed by atoms with Crippen molar-refractivity contribution in [2.24, 2.45) is 0 Å². The highest BCUT2D eigenvalue weighted by molar-refractivity contribution is 6.04. The molecule has 24 heavy (non-hydrogen) atoms. The quantitative estimate of drug-likeness (QED) is 0.907. The summed E-state index contributed by atoms with van der Waals surface area (Å²) in [4.78, 5) is 14.6. The number of piperidine rings is 1. The number of hydrogen-bond acceptors (Lipinski definition) is 3. The van der Waals surface area contributed by atoms with Gasteiger partial charge in [0.1, 0.15) is 5.82 Å². The molecule has 0 bridgehead atoms. The fourth-order valence-corrected chi connectivity index (χ4v) is 2.89. The van der Waals surface area contributed by atoms with Gasteiger partial charge in [0, 0.05) is 30.9 Å². The third kappa shape index (κ3) is 4.19. The molecule has 4 nitrogen and oxygen atoms in total. The van der Waals surface area contributed by atoms with Crippen LogP contribution < -0.4 is 5.32 Å². The van der Waals surface area contributed by atoms with Crippen LogP contribution in [0.25, 0.3) is 0 Å². The number of aliphatic hydroxyl groups excluding tert-OH is 1. The molecule has 1 aliphatic rings. The van der Waals surface area contributed by atoms with Crippen LogP contribution in [0.3, 0.4) is 0 Å². The lowest BCUT2D eigenvalue weighted by atomic mass is 10.1. The van der Waals surface area contributed by atoms with Crippen molar-refractivity contribution in [3.8, 4) is 0 Å². The zero-order chi connectivity index (χ0) is 16.9. The second-order valence-corrected chi connectivity index (χ2v) is 6.13. The van der Waals surface area contributed by atoms with E-state index < -0.39 is 0 Å². The Morgan fingerprint density at radius 1 is 1.12 bits per heavy atom. The van der Waals surface area contributed by atoms with E-state index in [1.807, 2.05) is 24.3 Å². The Kier molecular flexibility index (Phi) is 5.23. The first-order valence-electron chi connectivity index (χ1n) is 8.17. The lowest BCUT2D eigenvalue weighted by Gasteiger charge is -2.30. The Hall–Kier alpha value is -2.24. The van der Waals surface area contributed by atoms with Crippen LogP contribution in [0.5, 0.6) is 0 Å². The van der Waals surface area contributed by atoms with Gasteiger partial charge < -0.3 is 10.4 Å². The predicted octanol–water partition coefficient (Wildman–Crippen LogP) is 3.03. The van der Waals surface area contributed by atoms with Gasteiger partial charge in [0.05, 0.1) is 6.10 Å². The van der Waals surface area contributed by atoms with Crippen molar-refractivity contribution in [1.29, 1.82) is 0 Å². The number of anilines is 1.